The van der Waals surface area contributed by atoms with Crippen LogP contribution in [0.15, 0.2) is 36.5 Å². The van der Waals surface area contributed by atoms with Gasteiger partial charge in [-0.3, -0.25) is 4.79 Å². The van der Waals surface area contributed by atoms with Crippen molar-refractivity contribution < 1.29 is 14.7 Å². The van der Waals surface area contributed by atoms with Gasteiger partial charge in [0.05, 0.1) is 16.1 Å². The lowest BCUT2D eigenvalue weighted by Gasteiger charge is -2.06. The Morgan fingerprint density at radius 2 is 1.90 bits per heavy atom. The number of carboxylic acid groups (broad SMARTS) is 1. The van der Waals surface area contributed by atoms with Gasteiger partial charge in [-0.1, -0.05) is 23.2 Å². The number of nitrogens with one attached hydrogen (secondary N) is 1. The summed E-state index contributed by atoms with van der Waals surface area (Å²) in [7, 11) is 0. The quantitative estimate of drug-likeness (QED) is 0.911. The first-order chi connectivity index (χ1) is 9.47. The fraction of sp³-hybridized carbons (Fsp3) is 0. The summed E-state index contributed by atoms with van der Waals surface area (Å²) in [6, 6.07) is 7.23. The Kier molecular flexibility index (Phi) is 4.22. The van der Waals surface area contributed by atoms with E-state index in [0.29, 0.717) is 5.02 Å². The Morgan fingerprint density at radius 1 is 1.15 bits per heavy atom. The standard InChI is InChI=1S/C13H8Cl2N2O3/c14-8-2-3-9(10(15)5-8)12(18)17-11-4-1-7(6-16-11)13(19)20/h1-6H,(H,19,20)(H,16,17,18). The third kappa shape index (κ3) is 3.26. The summed E-state index contributed by atoms with van der Waals surface area (Å²) < 4.78 is 0. The number of hydrogen-bond acceptors (Lipinski definition) is 3. The molecule has 2 rings (SSSR count). The van der Waals surface area contributed by atoms with Crippen molar-refractivity contribution in [2.24, 2.45) is 0 Å². The topological polar surface area (TPSA) is 79.3 Å². The van der Waals surface area contributed by atoms with Crippen LogP contribution in [0.3, 0.4) is 0 Å². The number of carbonyl (C=O) groups excluding carboxylic acids is 1. The van der Waals surface area contributed by atoms with Gasteiger partial charge in [-0.15, -0.1) is 0 Å². The molecule has 0 fully saturated rings. The van der Waals surface area contributed by atoms with E-state index in [2.05, 4.69) is 10.3 Å². The fourth-order valence-electron chi connectivity index (χ4n) is 1.45. The van der Waals surface area contributed by atoms with Crippen LogP contribution < -0.4 is 5.32 Å². The van der Waals surface area contributed by atoms with Gasteiger partial charge in [0.2, 0.25) is 0 Å². The molecule has 0 saturated heterocycles. The largest absolute Gasteiger partial charge is 0.478 e. The highest BCUT2D eigenvalue weighted by molar-refractivity contribution is 6.37. The number of nitrogens with zero attached hydrogens (tertiary/aromatic N) is 1. The molecule has 0 radical (unpaired) electrons. The first-order valence-electron chi connectivity index (χ1n) is 5.43. The highest BCUT2D eigenvalue weighted by Gasteiger charge is 2.12. The number of pyridine rings is 1. The van der Waals surface area contributed by atoms with Crippen LogP contribution in [0.2, 0.25) is 10.0 Å². The van der Waals surface area contributed by atoms with E-state index < -0.39 is 11.9 Å². The number of rotatable bonds is 3. The van der Waals surface area contributed by atoms with Crippen LogP contribution in [-0.4, -0.2) is 22.0 Å². The summed E-state index contributed by atoms with van der Waals surface area (Å²) in [6.45, 7) is 0. The molecule has 1 amide bonds. The van der Waals surface area contributed by atoms with E-state index in [1.165, 1.54) is 24.3 Å². The molecule has 2 N–H and O–H groups in total. The van der Waals surface area contributed by atoms with Crippen molar-refractivity contribution in [1.82, 2.24) is 4.98 Å². The summed E-state index contributed by atoms with van der Waals surface area (Å²) in [5.41, 5.74) is 0.285. The molecule has 1 aromatic heterocycles. The molecular weight excluding hydrogens is 303 g/mol. The van der Waals surface area contributed by atoms with Gasteiger partial charge >= 0.3 is 5.97 Å². The van der Waals surface area contributed by atoms with Gasteiger partial charge in [-0.2, -0.15) is 0 Å². The first kappa shape index (κ1) is 14.3. The SMILES string of the molecule is O=C(O)c1ccc(NC(=O)c2ccc(Cl)cc2Cl)nc1. The lowest BCUT2D eigenvalue weighted by Crippen LogP contribution is -2.13. The molecule has 5 nitrogen and oxygen atoms in total. The minimum absolute atomic E-state index is 0.0347. The predicted octanol–water partition coefficient (Wildman–Crippen LogP) is 3.34. The molecule has 1 aromatic carbocycles. The number of aromatic carboxylic acids is 1. The van der Waals surface area contributed by atoms with Crippen molar-refractivity contribution in [1.29, 1.82) is 0 Å². The van der Waals surface area contributed by atoms with Crippen LogP contribution in [0, 0.1) is 0 Å². The molecule has 0 atom stereocenters. The van der Waals surface area contributed by atoms with Gasteiger partial charge in [0.1, 0.15) is 5.82 Å². The second-order valence-electron chi connectivity index (χ2n) is 3.82. The summed E-state index contributed by atoms with van der Waals surface area (Å²) in [5, 5.41) is 11.9. The van der Waals surface area contributed by atoms with Crippen molar-refractivity contribution in [2.45, 2.75) is 0 Å². The maximum Gasteiger partial charge on any atom is 0.337 e. The average Bonchev–Trinajstić information content (AvgIpc) is 2.39. The van der Waals surface area contributed by atoms with E-state index in [0.717, 1.165) is 6.20 Å². The first-order valence-corrected chi connectivity index (χ1v) is 6.18. The maximum atomic E-state index is 12.0. The summed E-state index contributed by atoms with van der Waals surface area (Å²) in [4.78, 5) is 26.5. The van der Waals surface area contributed by atoms with Crippen molar-refractivity contribution in [3.63, 3.8) is 0 Å². The van der Waals surface area contributed by atoms with Gasteiger partial charge in [-0.05, 0) is 30.3 Å². The molecule has 0 aliphatic carbocycles. The van der Waals surface area contributed by atoms with Gasteiger partial charge in [0.15, 0.2) is 0 Å². The number of anilines is 1. The van der Waals surface area contributed by atoms with Crippen LogP contribution in [0.25, 0.3) is 0 Å². The fourth-order valence-corrected chi connectivity index (χ4v) is 1.95. The second-order valence-corrected chi connectivity index (χ2v) is 4.66. The van der Waals surface area contributed by atoms with E-state index in [1.54, 1.807) is 6.07 Å². The van der Waals surface area contributed by atoms with E-state index in [-0.39, 0.29) is 22.0 Å². The molecule has 102 valence electrons. The minimum Gasteiger partial charge on any atom is -0.478 e. The summed E-state index contributed by atoms with van der Waals surface area (Å²) >= 11 is 11.7. The molecule has 2 aromatic rings. The lowest BCUT2D eigenvalue weighted by atomic mass is 10.2. The summed E-state index contributed by atoms with van der Waals surface area (Å²) in [6.07, 6.45) is 1.15. The van der Waals surface area contributed by atoms with Gasteiger partial charge in [0, 0.05) is 11.2 Å². The monoisotopic (exact) mass is 310 g/mol. The number of benzene rings is 1. The van der Waals surface area contributed by atoms with Crippen molar-refractivity contribution >= 4 is 40.9 Å². The van der Waals surface area contributed by atoms with Gasteiger partial charge in [-0.25, -0.2) is 9.78 Å². The number of aromatic nitrogens is 1. The van der Waals surface area contributed by atoms with Crippen LogP contribution in [0.5, 0.6) is 0 Å². The Bertz CT molecular complexity index is 672. The zero-order valence-electron chi connectivity index (χ0n) is 9.93. The third-order valence-corrected chi connectivity index (χ3v) is 2.98. The van der Waals surface area contributed by atoms with Crippen LogP contribution in [0.4, 0.5) is 5.82 Å². The molecular formula is C13H8Cl2N2O3. The Balaban J connectivity index is 2.17. The van der Waals surface area contributed by atoms with Crippen LogP contribution in [0.1, 0.15) is 20.7 Å². The lowest BCUT2D eigenvalue weighted by molar-refractivity contribution is 0.0696. The van der Waals surface area contributed by atoms with E-state index >= 15 is 0 Å². The van der Waals surface area contributed by atoms with E-state index in [9.17, 15) is 9.59 Å². The van der Waals surface area contributed by atoms with Crippen molar-refractivity contribution in [3.8, 4) is 0 Å². The minimum atomic E-state index is -1.09. The molecule has 7 heteroatoms. The van der Waals surface area contributed by atoms with E-state index in [1.807, 2.05) is 0 Å². The highest BCUT2D eigenvalue weighted by Crippen LogP contribution is 2.21. The number of amides is 1. The van der Waals surface area contributed by atoms with Crippen molar-refractivity contribution in [2.75, 3.05) is 5.32 Å². The second kappa shape index (κ2) is 5.90. The molecule has 0 spiro atoms. The summed E-state index contributed by atoms with van der Waals surface area (Å²) in [5.74, 6) is -1.32. The zero-order chi connectivity index (χ0) is 14.7. The molecule has 0 aliphatic heterocycles. The Hall–Kier alpha value is -2.11. The van der Waals surface area contributed by atoms with Crippen LogP contribution >= 0.6 is 23.2 Å². The zero-order valence-corrected chi connectivity index (χ0v) is 11.4. The Morgan fingerprint density at radius 3 is 2.45 bits per heavy atom. The third-order valence-electron chi connectivity index (χ3n) is 2.43. The molecule has 0 bridgehead atoms. The normalized spacial score (nSPS) is 10.1. The number of carboxylic acids is 1. The van der Waals surface area contributed by atoms with Crippen molar-refractivity contribution in [3.05, 3.63) is 57.7 Å². The van der Waals surface area contributed by atoms with E-state index in [4.69, 9.17) is 28.3 Å². The average molecular weight is 311 g/mol. The number of carbonyl (C=O) groups is 2. The predicted molar refractivity (Wildman–Crippen MR) is 75.6 cm³/mol. The highest BCUT2D eigenvalue weighted by atomic mass is 35.5. The maximum absolute atomic E-state index is 12.0. The van der Waals surface area contributed by atoms with Gasteiger partial charge in [0.25, 0.3) is 5.91 Å². The molecule has 1 heterocycles. The Labute approximate surface area is 124 Å². The molecule has 0 unspecified atom stereocenters. The molecule has 20 heavy (non-hydrogen) atoms. The number of halogens is 2. The smallest absolute Gasteiger partial charge is 0.337 e. The number of hydrogen-bond donors (Lipinski definition) is 2. The van der Waals surface area contributed by atoms with Crippen LogP contribution in [-0.2, 0) is 0 Å². The molecule has 0 saturated carbocycles. The van der Waals surface area contributed by atoms with Gasteiger partial charge < -0.3 is 10.4 Å². The molecule has 0 aliphatic rings.